The molecule has 0 bridgehead atoms. The quantitative estimate of drug-likeness (QED) is 0.533. The minimum Gasteiger partial charge on any atom is -0.474 e. The van der Waals surface area contributed by atoms with Gasteiger partial charge < -0.3 is 20.3 Å². The minimum atomic E-state index is -4.50. The second-order valence-corrected chi connectivity index (χ2v) is 10.9. The number of aromatic nitrogens is 1. The molecule has 0 aromatic carbocycles. The van der Waals surface area contributed by atoms with Gasteiger partial charge in [0.05, 0.1) is 23.5 Å². The lowest BCUT2D eigenvalue weighted by atomic mass is 9.97. The summed E-state index contributed by atoms with van der Waals surface area (Å²) in [5.41, 5.74) is -0.551. The van der Waals surface area contributed by atoms with Crippen molar-refractivity contribution < 1.29 is 27.5 Å². The number of fused-ring (bicyclic) bond motifs is 1. The number of nitrogens with one attached hydrogen (secondary N) is 2. The summed E-state index contributed by atoms with van der Waals surface area (Å²) in [5.74, 6) is 0.187. The van der Waals surface area contributed by atoms with E-state index in [-0.39, 0.29) is 29.4 Å². The molecule has 2 aromatic heterocycles. The number of nitrogens with zero attached hydrogens (tertiary/aromatic N) is 2. The first-order valence-electron chi connectivity index (χ1n) is 12.4. The number of amides is 2. The van der Waals surface area contributed by atoms with E-state index in [2.05, 4.69) is 15.6 Å². The van der Waals surface area contributed by atoms with E-state index in [1.54, 1.807) is 17.0 Å². The number of rotatable bonds is 8. The lowest BCUT2D eigenvalue weighted by Gasteiger charge is -2.30. The van der Waals surface area contributed by atoms with E-state index in [1.807, 2.05) is 0 Å². The molecule has 36 heavy (non-hydrogen) atoms. The first kappa shape index (κ1) is 24.9. The summed E-state index contributed by atoms with van der Waals surface area (Å²) in [5, 5.41) is 5.95. The Kier molecular flexibility index (Phi) is 7.09. The molecule has 2 aliphatic carbocycles. The molecular formula is C25H29F3N4O3S. The maximum absolute atomic E-state index is 13.2. The first-order valence-corrected chi connectivity index (χ1v) is 13.2. The van der Waals surface area contributed by atoms with Gasteiger partial charge in [-0.1, -0.05) is 25.7 Å². The summed E-state index contributed by atoms with van der Waals surface area (Å²) >= 11 is 1.27. The second kappa shape index (κ2) is 10.3. The predicted octanol–water partition coefficient (Wildman–Crippen LogP) is 4.52. The molecule has 1 unspecified atom stereocenters. The van der Waals surface area contributed by atoms with Crippen LogP contribution in [0.1, 0.15) is 65.1 Å². The highest BCUT2D eigenvalue weighted by Gasteiger charge is 2.34. The number of halogens is 3. The molecule has 11 heteroatoms. The normalized spacial score (nSPS) is 18.9. The number of carbonyl (C=O) groups is 2. The van der Waals surface area contributed by atoms with Gasteiger partial charge in [-0.05, 0) is 43.4 Å². The van der Waals surface area contributed by atoms with E-state index in [4.69, 9.17) is 4.74 Å². The van der Waals surface area contributed by atoms with Crippen LogP contribution in [0.2, 0.25) is 0 Å². The zero-order valence-corrected chi connectivity index (χ0v) is 20.6. The van der Waals surface area contributed by atoms with Crippen LogP contribution >= 0.6 is 11.3 Å². The molecule has 1 aliphatic heterocycles. The van der Waals surface area contributed by atoms with Crippen LogP contribution < -0.4 is 20.3 Å². The molecule has 2 amide bonds. The highest BCUT2D eigenvalue weighted by molar-refractivity contribution is 7.14. The van der Waals surface area contributed by atoms with Crippen molar-refractivity contribution in [3.05, 3.63) is 39.7 Å². The number of hydrogen-bond donors (Lipinski definition) is 2. The summed E-state index contributed by atoms with van der Waals surface area (Å²) in [6.45, 7) is 1.04. The van der Waals surface area contributed by atoms with Crippen LogP contribution in [0.15, 0.2) is 24.4 Å². The fourth-order valence-corrected chi connectivity index (χ4v) is 5.74. The average molecular weight is 523 g/mol. The van der Waals surface area contributed by atoms with Gasteiger partial charge in [0, 0.05) is 17.1 Å². The van der Waals surface area contributed by atoms with Crippen LogP contribution in [-0.4, -0.2) is 42.0 Å². The summed E-state index contributed by atoms with van der Waals surface area (Å²) < 4.78 is 45.0. The molecule has 3 aliphatic rings. The fraction of sp³-hybridized carbons (Fsp3) is 0.560. The van der Waals surface area contributed by atoms with Gasteiger partial charge in [0.25, 0.3) is 5.91 Å². The summed E-state index contributed by atoms with van der Waals surface area (Å²) in [6, 6.07) is 4.20. The Balaban J connectivity index is 1.26. The van der Waals surface area contributed by atoms with Crippen molar-refractivity contribution in [1.29, 1.82) is 0 Å². The third-order valence-electron chi connectivity index (χ3n) is 6.92. The summed E-state index contributed by atoms with van der Waals surface area (Å²) in [6.07, 6.45) is 3.36. The highest BCUT2D eigenvalue weighted by Crippen LogP contribution is 2.37. The Hall–Kier alpha value is -2.82. The van der Waals surface area contributed by atoms with Gasteiger partial charge in [-0.3, -0.25) is 9.59 Å². The third-order valence-corrected chi connectivity index (χ3v) is 7.99. The van der Waals surface area contributed by atoms with Crippen molar-refractivity contribution in [3.63, 3.8) is 0 Å². The highest BCUT2D eigenvalue weighted by atomic mass is 32.1. The minimum absolute atomic E-state index is 0.118. The Morgan fingerprint density at radius 1 is 1.19 bits per heavy atom. The van der Waals surface area contributed by atoms with Crippen molar-refractivity contribution in [2.24, 2.45) is 5.92 Å². The van der Waals surface area contributed by atoms with Crippen LogP contribution in [0.3, 0.4) is 0 Å². The number of carbonyl (C=O) groups excluding carboxylic acids is 2. The van der Waals surface area contributed by atoms with Gasteiger partial charge >= 0.3 is 6.18 Å². The molecule has 7 nitrogen and oxygen atoms in total. The summed E-state index contributed by atoms with van der Waals surface area (Å²) in [7, 11) is 0. The average Bonchev–Trinajstić information content (AvgIpc) is 3.29. The largest absolute Gasteiger partial charge is 0.474 e. The van der Waals surface area contributed by atoms with E-state index in [9.17, 15) is 22.8 Å². The van der Waals surface area contributed by atoms with Gasteiger partial charge in [-0.15, -0.1) is 11.3 Å². The van der Waals surface area contributed by atoms with Crippen molar-refractivity contribution in [3.8, 4) is 5.88 Å². The molecule has 0 radical (unpaired) electrons. The van der Waals surface area contributed by atoms with Crippen LogP contribution in [-0.2, 0) is 17.5 Å². The van der Waals surface area contributed by atoms with Gasteiger partial charge in [0.15, 0.2) is 0 Å². The number of pyridine rings is 1. The fourth-order valence-electron chi connectivity index (χ4n) is 4.81. The molecule has 2 aromatic rings. The third kappa shape index (κ3) is 5.93. The van der Waals surface area contributed by atoms with Gasteiger partial charge in [-0.2, -0.15) is 13.2 Å². The molecule has 3 heterocycles. The SMILES string of the molecule is O=C(NC(CC1CCCC1)C(=O)NC1CC1)c1ccc(CN2CCOc3ncc(C(F)(F)F)cc32)s1. The zero-order valence-electron chi connectivity index (χ0n) is 19.8. The maximum Gasteiger partial charge on any atom is 0.417 e. The Labute approximate surface area is 211 Å². The number of ether oxygens (including phenoxy) is 1. The molecule has 5 rings (SSSR count). The smallest absolute Gasteiger partial charge is 0.417 e. The molecule has 2 saturated carbocycles. The van der Waals surface area contributed by atoms with Gasteiger partial charge in [-0.25, -0.2) is 4.98 Å². The topological polar surface area (TPSA) is 83.6 Å². The van der Waals surface area contributed by atoms with E-state index < -0.39 is 17.8 Å². The second-order valence-electron chi connectivity index (χ2n) is 9.78. The van der Waals surface area contributed by atoms with E-state index in [1.165, 1.54) is 11.3 Å². The van der Waals surface area contributed by atoms with Gasteiger partial charge in [0.1, 0.15) is 18.3 Å². The predicted molar refractivity (Wildman–Crippen MR) is 129 cm³/mol. The number of anilines is 1. The van der Waals surface area contributed by atoms with Crippen molar-refractivity contribution >= 4 is 28.8 Å². The first-order chi connectivity index (χ1) is 17.3. The molecule has 194 valence electrons. The Morgan fingerprint density at radius 3 is 2.69 bits per heavy atom. The van der Waals surface area contributed by atoms with Crippen molar-refractivity contribution in [1.82, 2.24) is 15.6 Å². The van der Waals surface area contributed by atoms with Gasteiger partial charge in [0.2, 0.25) is 11.8 Å². The number of thiophene rings is 1. The van der Waals surface area contributed by atoms with E-state index in [0.29, 0.717) is 36.9 Å². The molecule has 2 fully saturated rings. The Bertz CT molecular complexity index is 1110. The van der Waals surface area contributed by atoms with Crippen LogP contribution in [0.4, 0.5) is 18.9 Å². The monoisotopic (exact) mass is 522 g/mol. The van der Waals surface area contributed by atoms with Crippen LogP contribution in [0.5, 0.6) is 5.88 Å². The summed E-state index contributed by atoms with van der Waals surface area (Å²) in [4.78, 5) is 32.8. The molecule has 2 N–H and O–H groups in total. The van der Waals surface area contributed by atoms with E-state index in [0.717, 1.165) is 55.7 Å². The number of alkyl halides is 3. The van der Waals surface area contributed by atoms with Crippen LogP contribution in [0.25, 0.3) is 0 Å². The number of hydrogen-bond acceptors (Lipinski definition) is 6. The molecule has 0 saturated heterocycles. The molecule has 1 atom stereocenters. The Morgan fingerprint density at radius 2 is 1.97 bits per heavy atom. The lowest BCUT2D eigenvalue weighted by Crippen LogP contribution is -2.48. The lowest BCUT2D eigenvalue weighted by molar-refractivity contribution is -0.137. The van der Waals surface area contributed by atoms with Crippen molar-refractivity contribution in [2.75, 3.05) is 18.1 Å². The zero-order chi connectivity index (χ0) is 25.3. The van der Waals surface area contributed by atoms with Crippen LogP contribution in [0, 0.1) is 5.92 Å². The van der Waals surface area contributed by atoms with Crippen molar-refractivity contribution in [2.45, 2.75) is 69.8 Å². The molecule has 0 spiro atoms. The van der Waals surface area contributed by atoms with E-state index >= 15 is 0 Å². The maximum atomic E-state index is 13.2. The molecular weight excluding hydrogens is 493 g/mol. The standard InChI is InChI=1S/C25H29F3N4O3S/c26-25(27,28)16-12-20-24(29-13-16)35-10-9-32(20)14-18-7-8-21(36-18)23(34)31-19(11-15-3-1-2-4-15)22(33)30-17-5-6-17/h7-8,12-13,15,17,19H,1-6,9-11,14H2,(H,30,33)(H,31,34).